The van der Waals surface area contributed by atoms with E-state index in [0.717, 1.165) is 5.52 Å². The molecule has 0 saturated carbocycles. The van der Waals surface area contributed by atoms with Gasteiger partial charge >= 0.3 is 0 Å². The average Bonchev–Trinajstić information content (AvgIpc) is 2.66. The van der Waals surface area contributed by atoms with Gasteiger partial charge in [-0.3, -0.25) is 4.79 Å². The van der Waals surface area contributed by atoms with Gasteiger partial charge in [0.05, 0.1) is 30.6 Å². The van der Waals surface area contributed by atoms with Crippen LogP contribution in [0.15, 0.2) is 41.2 Å². The number of rotatable bonds is 3. The molecular formula is C19H17N3O3. The minimum Gasteiger partial charge on any atom is -0.493 e. The molecule has 4 rings (SSSR count). The molecule has 25 heavy (non-hydrogen) atoms. The van der Waals surface area contributed by atoms with Crippen molar-refractivity contribution in [3.8, 4) is 11.5 Å². The number of aryl methyl sites for hydroxylation is 1. The number of benzene rings is 2. The second-order valence-corrected chi connectivity index (χ2v) is 5.71. The molecule has 0 saturated heterocycles. The fourth-order valence-corrected chi connectivity index (χ4v) is 3.31. The van der Waals surface area contributed by atoms with Crippen LogP contribution in [0.3, 0.4) is 0 Å². The molecule has 126 valence electrons. The van der Waals surface area contributed by atoms with Crippen LogP contribution >= 0.6 is 0 Å². The molecular weight excluding hydrogens is 318 g/mol. The van der Waals surface area contributed by atoms with Crippen molar-refractivity contribution in [2.75, 3.05) is 14.2 Å². The maximum absolute atomic E-state index is 13.2. The molecule has 4 aromatic rings. The van der Waals surface area contributed by atoms with E-state index < -0.39 is 0 Å². The van der Waals surface area contributed by atoms with Crippen LogP contribution in [0.1, 0.15) is 6.92 Å². The maximum Gasteiger partial charge on any atom is 0.199 e. The van der Waals surface area contributed by atoms with Gasteiger partial charge in [-0.2, -0.15) is 0 Å². The lowest BCUT2D eigenvalue weighted by molar-refractivity contribution is 0.356. The van der Waals surface area contributed by atoms with Crippen molar-refractivity contribution in [2.24, 2.45) is 0 Å². The number of hydrogen-bond acceptors (Lipinski definition) is 5. The van der Waals surface area contributed by atoms with Gasteiger partial charge in [-0.05, 0) is 25.1 Å². The van der Waals surface area contributed by atoms with Crippen LogP contribution in [0.25, 0.3) is 32.8 Å². The molecule has 0 atom stereocenters. The van der Waals surface area contributed by atoms with Crippen molar-refractivity contribution in [3.05, 3.63) is 46.6 Å². The Morgan fingerprint density at radius 1 is 1.00 bits per heavy atom. The Bertz CT molecular complexity index is 1180. The van der Waals surface area contributed by atoms with E-state index in [2.05, 4.69) is 10.2 Å². The Morgan fingerprint density at radius 3 is 2.44 bits per heavy atom. The molecule has 0 aliphatic carbocycles. The van der Waals surface area contributed by atoms with Crippen LogP contribution in [0.5, 0.6) is 11.5 Å². The third kappa shape index (κ3) is 2.14. The first-order valence-electron chi connectivity index (χ1n) is 8.03. The molecule has 0 bridgehead atoms. The zero-order valence-corrected chi connectivity index (χ0v) is 14.2. The number of methoxy groups -OCH3 is 2. The van der Waals surface area contributed by atoms with Gasteiger partial charge in [0.25, 0.3) is 0 Å². The summed E-state index contributed by atoms with van der Waals surface area (Å²) in [4.78, 5) is 13.2. The predicted octanol–water partition coefficient (Wildman–Crippen LogP) is 3.14. The Labute approximate surface area is 143 Å². The molecule has 2 aromatic carbocycles. The van der Waals surface area contributed by atoms with E-state index in [9.17, 15) is 4.79 Å². The van der Waals surface area contributed by atoms with E-state index in [-0.39, 0.29) is 5.43 Å². The van der Waals surface area contributed by atoms with Gasteiger partial charge < -0.3 is 14.0 Å². The van der Waals surface area contributed by atoms with Gasteiger partial charge in [0.15, 0.2) is 22.6 Å². The van der Waals surface area contributed by atoms with Crippen LogP contribution in [-0.2, 0) is 6.54 Å². The highest BCUT2D eigenvalue weighted by molar-refractivity contribution is 6.07. The quantitative estimate of drug-likeness (QED) is 0.425. The molecule has 2 aromatic heterocycles. The molecule has 0 amide bonds. The van der Waals surface area contributed by atoms with E-state index in [4.69, 9.17) is 9.47 Å². The van der Waals surface area contributed by atoms with Crippen molar-refractivity contribution < 1.29 is 9.47 Å². The molecule has 6 heteroatoms. The number of pyridine rings is 1. The van der Waals surface area contributed by atoms with Gasteiger partial charge in [-0.1, -0.05) is 12.1 Å². The lowest BCUT2D eigenvalue weighted by Gasteiger charge is -2.14. The molecule has 0 spiro atoms. The molecule has 6 nitrogen and oxygen atoms in total. The average molecular weight is 335 g/mol. The highest BCUT2D eigenvalue weighted by atomic mass is 16.5. The van der Waals surface area contributed by atoms with Crippen molar-refractivity contribution in [1.29, 1.82) is 0 Å². The van der Waals surface area contributed by atoms with Crippen molar-refractivity contribution >= 4 is 32.8 Å². The summed E-state index contributed by atoms with van der Waals surface area (Å²) in [6, 6.07) is 11.1. The predicted molar refractivity (Wildman–Crippen MR) is 97.6 cm³/mol. The molecule has 0 N–H and O–H groups in total. The summed E-state index contributed by atoms with van der Waals surface area (Å²) in [7, 11) is 3.13. The van der Waals surface area contributed by atoms with Gasteiger partial charge in [-0.15, -0.1) is 10.2 Å². The molecule has 0 unspecified atom stereocenters. The fraction of sp³-hybridized carbons (Fsp3) is 0.211. The molecule has 0 aliphatic rings. The van der Waals surface area contributed by atoms with Gasteiger partial charge in [0.2, 0.25) is 0 Å². The largest absolute Gasteiger partial charge is 0.493 e. The SMILES string of the molecule is CCn1c2ccccc2c(=O)c2c3cc(OC)c(OC)cc3nnc21. The number of hydrogen-bond donors (Lipinski definition) is 0. The number of para-hydroxylation sites is 1. The first-order chi connectivity index (χ1) is 12.2. The van der Waals surface area contributed by atoms with Crippen LogP contribution in [0.2, 0.25) is 0 Å². The van der Waals surface area contributed by atoms with Crippen molar-refractivity contribution in [2.45, 2.75) is 13.5 Å². The monoisotopic (exact) mass is 335 g/mol. The second-order valence-electron chi connectivity index (χ2n) is 5.71. The first-order valence-corrected chi connectivity index (χ1v) is 8.03. The van der Waals surface area contributed by atoms with Crippen molar-refractivity contribution in [1.82, 2.24) is 14.8 Å². The highest BCUT2D eigenvalue weighted by Crippen LogP contribution is 2.33. The fourth-order valence-electron chi connectivity index (χ4n) is 3.31. The molecule has 0 aliphatic heterocycles. The summed E-state index contributed by atoms with van der Waals surface area (Å²) in [6.45, 7) is 2.71. The summed E-state index contributed by atoms with van der Waals surface area (Å²) in [6.07, 6.45) is 0. The molecule has 0 radical (unpaired) electrons. The summed E-state index contributed by atoms with van der Waals surface area (Å²) in [5, 5.41) is 10.6. The van der Waals surface area contributed by atoms with Crippen LogP contribution in [0.4, 0.5) is 0 Å². The lowest BCUT2D eigenvalue weighted by Crippen LogP contribution is -2.13. The third-order valence-corrected chi connectivity index (χ3v) is 4.49. The third-order valence-electron chi connectivity index (χ3n) is 4.49. The standard InChI is InChI=1S/C19H17N3O3/c1-4-22-14-8-6-5-7-11(14)18(23)17-12-9-15(24-2)16(25-3)10-13(12)20-21-19(17)22/h5-10H,4H2,1-3H3. The normalized spacial score (nSPS) is 11.3. The van der Waals surface area contributed by atoms with Crippen LogP contribution < -0.4 is 14.9 Å². The summed E-state index contributed by atoms with van der Waals surface area (Å²) in [5.41, 5.74) is 1.98. The van der Waals surface area contributed by atoms with Crippen LogP contribution in [-0.4, -0.2) is 29.0 Å². The number of aromatic nitrogens is 3. The minimum absolute atomic E-state index is 0.0533. The second kappa shape index (κ2) is 5.73. The van der Waals surface area contributed by atoms with E-state index >= 15 is 0 Å². The minimum atomic E-state index is -0.0533. The molecule has 0 fully saturated rings. The lowest BCUT2D eigenvalue weighted by atomic mass is 10.1. The number of fused-ring (bicyclic) bond motifs is 4. The van der Waals surface area contributed by atoms with Gasteiger partial charge in [0.1, 0.15) is 0 Å². The zero-order chi connectivity index (χ0) is 17.6. The first kappa shape index (κ1) is 15.4. The Kier molecular flexibility index (Phi) is 3.53. The Balaban J connectivity index is 2.28. The summed E-state index contributed by atoms with van der Waals surface area (Å²) >= 11 is 0. The summed E-state index contributed by atoms with van der Waals surface area (Å²) < 4.78 is 12.7. The van der Waals surface area contributed by atoms with E-state index in [1.165, 1.54) is 0 Å². The van der Waals surface area contributed by atoms with E-state index in [1.54, 1.807) is 26.4 Å². The number of nitrogens with zero attached hydrogens (tertiary/aromatic N) is 3. The van der Waals surface area contributed by atoms with Gasteiger partial charge in [0, 0.05) is 23.4 Å². The van der Waals surface area contributed by atoms with E-state index in [0.29, 0.717) is 45.4 Å². The molecule has 2 heterocycles. The Morgan fingerprint density at radius 2 is 1.72 bits per heavy atom. The number of ether oxygens (including phenoxy) is 2. The smallest absolute Gasteiger partial charge is 0.199 e. The van der Waals surface area contributed by atoms with Crippen molar-refractivity contribution in [3.63, 3.8) is 0 Å². The van der Waals surface area contributed by atoms with Gasteiger partial charge in [-0.25, -0.2) is 0 Å². The zero-order valence-electron chi connectivity index (χ0n) is 14.2. The highest BCUT2D eigenvalue weighted by Gasteiger charge is 2.17. The summed E-state index contributed by atoms with van der Waals surface area (Å²) in [5.74, 6) is 1.11. The maximum atomic E-state index is 13.2. The topological polar surface area (TPSA) is 66.2 Å². The van der Waals surface area contributed by atoms with Crippen LogP contribution in [0, 0.1) is 0 Å². The van der Waals surface area contributed by atoms with E-state index in [1.807, 2.05) is 35.8 Å². The Hall–Kier alpha value is -3.15.